The molecule has 4 aromatic rings. The van der Waals surface area contributed by atoms with Crippen molar-refractivity contribution in [2.75, 3.05) is 11.5 Å². The topological polar surface area (TPSA) is 70.5 Å². The number of nitrogen functional groups attached to an aromatic ring is 2. The first kappa shape index (κ1) is 28.1. The predicted molar refractivity (Wildman–Crippen MR) is 171 cm³/mol. The van der Waals surface area contributed by atoms with Gasteiger partial charge in [-0.2, -0.15) is 0 Å². The molecule has 4 N–H and O–H groups in total. The molecule has 38 heavy (non-hydrogen) atoms. The van der Waals surface area contributed by atoms with Gasteiger partial charge in [-0.25, -0.2) is 0 Å². The summed E-state index contributed by atoms with van der Waals surface area (Å²) in [7, 11) is -4.31. The molecule has 0 bridgehead atoms. The number of anilines is 2. The molecule has 0 atom stereocenters. The van der Waals surface area contributed by atoms with E-state index in [2.05, 4.69) is 104 Å². The molecule has 4 aromatic carbocycles. The summed E-state index contributed by atoms with van der Waals surface area (Å²) >= 11 is 0. The second-order valence-electron chi connectivity index (χ2n) is 13.6. The van der Waals surface area contributed by atoms with Crippen LogP contribution in [0.1, 0.15) is 41.5 Å². The smallest absolute Gasteiger partial charge is 0.250 e. The molecular formula is C32H44N2O2Si2. The van der Waals surface area contributed by atoms with Gasteiger partial charge in [0.15, 0.2) is 0 Å². The Kier molecular flexibility index (Phi) is 6.90. The summed E-state index contributed by atoms with van der Waals surface area (Å²) in [6, 6.07) is 20.7. The molecule has 0 saturated carbocycles. The van der Waals surface area contributed by atoms with Crippen LogP contribution in [0, 0.1) is 0 Å². The Bertz CT molecular complexity index is 1400. The van der Waals surface area contributed by atoms with Crippen LogP contribution < -0.4 is 20.3 Å². The molecule has 0 aromatic heterocycles. The summed E-state index contributed by atoms with van der Waals surface area (Å²) in [4.78, 5) is 0. The standard InChI is InChI=1S/C32H44N2O2Si2/c1-31(2,3)37(7,8)35-27-17-11-21-19-23(33)13-15-25(21)29(27)30-26-16-14-24(34)20-22(26)12-18-28(30)36-38(9,10)32(4,5)6/h11-20H,33-34H2,1-10H3. The fourth-order valence-electron chi connectivity index (χ4n) is 4.20. The van der Waals surface area contributed by atoms with E-state index in [4.69, 9.17) is 20.3 Å². The van der Waals surface area contributed by atoms with E-state index in [0.717, 1.165) is 55.5 Å². The summed E-state index contributed by atoms with van der Waals surface area (Å²) in [5, 5.41) is 4.45. The highest BCUT2D eigenvalue weighted by atomic mass is 28.4. The van der Waals surface area contributed by atoms with Crippen LogP contribution in [-0.4, -0.2) is 16.6 Å². The van der Waals surface area contributed by atoms with Crippen molar-refractivity contribution in [1.29, 1.82) is 0 Å². The molecule has 0 aliphatic rings. The van der Waals surface area contributed by atoms with Crippen molar-refractivity contribution < 1.29 is 8.85 Å². The van der Waals surface area contributed by atoms with Crippen LogP contribution in [0.3, 0.4) is 0 Å². The zero-order valence-electron chi connectivity index (χ0n) is 24.7. The lowest BCUT2D eigenvalue weighted by Gasteiger charge is -2.38. The van der Waals surface area contributed by atoms with Crippen LogP contribution in [-0.2, 0) is 0 Å². The molecule has 0 spiro atoms. The maximum atomic E-state index is 7.05. The molecule has 6 heteroatoms. The fourth-order valence-corrected chi connectivity index (χ4v) is 6.25. The van der Waals surface area contributed by atoms with Crippen molar-refractivity contribution in [3.63, 3.8) is 0 Å². The first-order valence-corrected chi connectivity index (χ1v) is 19.3. The highest BCUT2D eigenvalue weighted by Gasteiger charge is 2.41. The second-order valence-corrected chi connectivity index (χ2v) is 23.0. The third kappa shape index (κ3) is 5.16. The van der Waals surface area contributed by atoms with Crippen molar-refractivity contribution >= 4 is 49.6 Å². The highest BCUT2D eigenvalue weighted by molar-refractivity contribution is 6.75. The Balaban J connectivity index is 2.13. The molecule has 0 radical (unpaired) electrons. The van der Waals surface area contributed by atoms with Gasteiger partial charge in [0.2, 0.25) is 0 Å². The zero-order valence-corrected chi connectivity index (χ0v) is 26.7. The third-order valence-corrected chi connectivity index (χ3v) is 17.3. The predicted octanol–water partition coefficient (Wildman–Crippen LogP) is 9.59. The van der Waals surface area contributed by atoms with Crippen molar-refractivity contribution in [2.24, 2.45) is 0 Å². The third-order valence-electron chi connectivity index (χ3n) is 8.60. The fraction of sp³-hybridized carbons (Fsp3) is 0.375. The van der Waals surface area contributed by atoms with Gasteiger partial charge in [0.25, 0.3) is 16.6 Å². The lowest BCUT2D eigenvalue weighted by Crippen LogP contribution is -2.44. The molecule has 0 aliphatic heterocycles. The second kappa shape index (κ2) is 9.35. The van der Waals surface area contributed by atoms with Gasteiger partial charge in [-0.15, -0.1) is 0 Å². The molecule has 4 rings (SSSR count). The van der Waals surface area contributed by atoms with E-state index in [9.17, 15) is 0 Å². The van der Waals surface area contributed by atoms with E-state index < -0.39 is 16.6 Å². The minimum Gasteiger partial charge on any atom is -0.543 e. The van der Waals surface area contributed by atoms with Gasteiger partial charge in [-0.1, -0.05) is 65.8 Å². The van der Waals surface area contributed by atoms with Gasteiger partial charge in [0.1, 0.15) is 11.5 Å². The Labute approximate surface area is 230 Å². The number of hydrogen-bond acceptors (Lipinski definition) is 4. The summed E-state index contributed by atoms with van der Waals surface area (Å²) in [5.74, 6) is 1.77. The monoisotopic (exact) mass is 544 g/mol. The molecule has 0 aliphatic carbocycles. The van der Waals surface area contributed by atoms with Crippen molar-refractivity contribution in [3.05, 3.63) is 60.7 Å². The van der Waals surface area contributed by atoms with Crippen LogP contribution >= 0.6 is 0 Å². The molecule has 0 fully saturated rings. The lowest BCUT2D eigenvalue weighted by molar-refractivity contribution is 0.489. The molecule has 0 amide bonds. The van der Waals surface area contributed by atoms with Crippen LogP contribution in [0.25, 0.3) is 32.7 Å². The van der Waals surface area contributed by atoms with E-state index in [1.165, 1.54) is 0 Å². The molecule has 202 valence electrons. The number of hydrogen-bond donors (Lipinski definition) is 2. The minimum absolute atomic E-state index is 0.0496. The largest absolute Gasteiger partial charge is 0.543 e. The number of rotatable bonds is 5. The van der Waals surface area contributed by atoms with E-state index in [0.29, 0.717) is 0 Å². The molecule has 0 heterocycles. The SMILES string of the molecule is CC(C)(C)[Si](C)(C)Oc1ccc2cc(N)ccc2c1-c1c(O[Si](C)(C)C(C)(C)C)ccc2cc(N)ccc12. The Morgan fingerprint density at radius 1 is 0.526 bits per heavy atom. The van der Waals surface area contributed by atoms with Crippen molar-refractivity contribution in [3.8, 4) is 22.6 Å². The first-order chi connectivity index (χ1) is 17.4. The van der Waals surface area contributed by atoms with Crippen molar-refractivity contribution in [1.82, 2.24) is 0 Å². The number of nitrogens with two attached hydrogens (primary N) is 2. The molecule has 0 saturated heterocycles. The molecule has 4 nitrogen and oxygen atoms in total. The number of fused-ring (bicyclic) bond motifs is 2. The Hall–Kier alpha value is -2.97. The highest BCUT2D eigenvalue weighted by Crippen LogP contribution is 2.50. The van der Waals surface area contributed by atoms with E-state index in [1.54, 1.807) is 0 Å². The van der Waals surface area contributed by atoms with Crippen molar-refractivity contribution in [2.45, 2.75) is 77.8 Å². The van der Waals surface area contributed by atoms with Gasteiger partial charge in [0, 0.05) is 22.5 Å². The van der Waals surface area contributed by atoms with Gasteiger partial charge in [0.05, 0.1) is 0 Å². The lowest BCUT2D eigenvalue weighted by atomic mass is 9.92. The Morgan fingerprint density at radius 2 is 0.868 bits per heavy atom. The quantitative estimate of drug-likeness (QED) is 0.194. The maximum Gasteiger partial charge on any atom is 0.250 e. The summed E-state index contributed by atoms with van der Waals surface area (Å²) < 4.78 is 14.1. The van der Waals surface area contributed by atoms with Crippen LogP contribution in [0.15, 0.2) is 60.7 Å². The van der Waals surface area contributed by atoms with E-state index in [1.807, 2.05) is 24.3 Å². The summed E-state index contributed by atoms with van der Waals surface area (Å²) in [5.41, 5.74) is 16.0. The van der Waals surface area contributed by atoms with Crippen LogP contribution in [0.4, 0.5) is 11.4 Å². The summed E-state index contributed by atoms with van der Waals surface area (Å²) in [6.07, 6.45) is 0. The molecule has 0 unspecified atom stereocenters. The van der Waals surface area contributed by atoms with E-state index >= 15 is 0 Å². The zero-order chi connectivity index (χ0) is 28.3. The first-order valence-electron chi connectivity index (χ1n) is 13.4. The summed E-state index contributed by atoms with van der Waals surface area (Å²) in [6.45, 7) is 22.8. The van der Waals surface area contributed by atoms with Crippen LogP contribution in [0.5, 0.6) is 11.5 Å². The number of benzene rings is 4. The average molecular weight is 545 g/mol. The van der Waals surface area contributed by atoms with Gasteiger partial charge in [-0.05, 0) is 94.2 Å². The van der Waals surface area contributed by atoms with E-state index in [-0.39, 0.29) is 10.1 Å². The van der Waals surface area contributed by atoms with Crippen LogP contribution in [0.2, 0.25) is 36.3 Å². The van der Waals surface area contributed by atoms with Gasteiger partial charge in [-0.3, -0.25) is 0 Å². The van der Waals surface area contributed by atoms with Gasteiger partial charge >= 0.3 is 0 Å². The Morgan fingerprint density at radius 3 is 1.18 bits per heavy atom. The molecular weight excluding hydrogens is 501 g/mol. The minimum atomic E-state index is -2.16. The normalized spacial score (nSPS) is 13.2. The maximum absolute atomic E-state index is 7.05. The van der Waals surface area contributed by atoms with Gasteiger partial charge < -0.3 is 20.3 Å². The average Bonchev–Trinajstić information content (AvgIpc) is 2.77.